The summed E-state index contributed by atoms with van der Waals surface area (Å²) in [7, 11) is -3.63. The summed E-state index contributed by atoms with van der Waals surface area (Å²) in [6.07, 6.45) is 0.280. The summed E-state index contributed by atoms with van der Waals surface area (Å²) in [4.78, 5) is 12.8. The fourth-order valence-corrected chi connectivity index (χ4v) is 4.62. The van der Waals surface area contributed by atoms with Gasteiger partial charge in [0.2, 0.25) is 15.9 Å². The zero-order valence-corrected chi connectivity index (χ0v) is 18.3. The molecular formula is C22H30N2O4S. The lowest BCUT2D eigenvalue weighted by atomic mass is 9.97. The highest BCUT2D eigenvalue weighted by Gasteiger charge is 2.23. The fraction of sp³-hybridized carbons (Fsp3) is 0.409. The molecule has 0 saturated carbocycles. The van der Waals surface area contributed by atoms with Gasteiger partial charge in [0, 0.05) is 19.5 Å². The second kappa shape index (κ2) is 10.4. The summed E-state index contributed by atoms with van der Waals surface area (Å²) < 4.78 is 32.6. The molecule has 0 aliphatic heterocycles. The molecule has 0 heterocycles. The number of nitrogens with one attached hydrogen (secondary N) is 1. The second-order valence-electron chi connectivity index (χ2n) is 6.74. The van der Waals surface area contributed by atoms with Crippen molar-refractivity contribution in [2.75, 3.05) is 25.0 Å². The Labute approximate surface area is 173 Å². The zero-order chi connectivity index (χ0) is 21.4. The molecule has 29 heavy (non-hydrogen) atoms. The third-order valence-electron chi connectivity index (χ3n) is 4.73. The third-order valence-corrected chi connectivity index (χ3v) is 6.77. The van der Waals surface area contributed by atoms with Crippen molar-refractivity contribution in [2.24, 2.45) is 0 Å². The maximum atomic E-state index is 12.8. The number of carbonyl (C=O) groups excluding carboxylic acids is 1. The van der Waals surface area contributed by atoms with E-state index in [9.17, 15) is 13.2 Å². The van der Waals surface area contributed by atoms with Crippen molar-refractivity contribution in [1.29, 1.82) is 0 Å². The van der Waals surface area contributed by atoms with Gasteiger partial charge in [0.25, 0.3) is 0 Å². The molecule has 0 saturated heterocycles. The average molecular weight is 419 g/mol. The summed E-state index contributed by atoms with van der Waals surface area (Å²) >= 11 is 0. The van der Waals surface area contributed by atoms with Gasteiger partial charge in [-0.2, -0.15) is 4.31 Å². The van der Waals surface area contributed by atoms with Crippen LogP contribution in [0.2, 0.25) is 0 Å². The molecule has 0 bridgehead atoms. The highest BCUT2D eigenvalue weighted by Crippen LogP contribution is 2.30. The molecule has 158 valence electrons. The topological polar surface area (TPSA) is 75.7 Å². The van der Waals surface area contributed by atoms with Crippen molar-refractivity contribution in [1.82, 2.24) is 4.31 Å². The molecule has 7 heteroatoms. The number of anilines is 1. The normalized spacial score (nSPS) is 12.6. The van der Waals surface area contributed by atoms with E-state index in [4.69, 9.17) is 4.74 Å². The predicted molar refractivity (Wildman–Crippen MR) is 116 cm³/mol. The molecule has 2 aromatic carbocycles. The molecule has 1 atom stereocenters. The third kappa shape index (κ3) is 5.81. The maximum absolute atomic E-state index is 12.8. The van der Waals surface area contributed by atoms with Crippen LogP contribution in [-0.2, 0) is 14.8 Å². The molecule has 1 amide bonds. The number of hydrogen-bond donors (Lipinski definition) is 1. The van der Waals surface area contributed by atoms with Crippen molar-refractivity contribution >= 4 is 21.6 Å². The molecule has 0 radical (unpaired) electrons. The minimum Gasteiger partial charge on any atom is -0.492 e. The van der Waals surface area contributed by atoms with E-state index in [-0.39, 0.29) is 23.1 Å². The Morgan fingerprint density at radius 1 is 1.07 bits per heavy atom. The van der Waals surface area contributed by atoms with E-state index in [1.165, 1.54) is 16.4 Å². The summed E-state index contributed by atoms with van der Waals surface area (Å²) in [5.41, 5.74) is 1.44. The van der Waals surface area contributed by atoms with Crippen molar-refractivity contribution in [3.8, 4) is 5.75 Å². The number of amides is 1. The van der Waals surface area contributed by atoms with Gasteiger partial charge in [0.15, 0.2) is 0 Å². The maximum Gasteiger partial charge on any atom is 0.243 e. The Hall–Kier alpha value is -2.38. The van der Waals surface area contributed by atoms with Crippen LogP contribution >= 0.6 is 0 Å². The van der Waals surface area contributed by atoms with Crippen molar-refractivity contribution in [2.45, 2.75) is 44.9 Å². The van der Waals surface area contributed by atoms with E-state index in [0.717, 1.165) is 5.56 Å². The molecule has 2 rings (SSSR count). The Kier molecular flexibility index (Phi) is 8.22. The number of rotatable bonds is 10. The first-order chi connectivity index (χ1) is 13.8. The minimum absolute atomic E-state index is 0.0364. The smallest absolute Gasteiger partial charge is 0.243 e. The van der Waals surface area contributed by atoms with Crippen LogP contribution < -0.4 is 10.1 Å². The van der Waals surface area contributed by atoms with Gasteiger partial charge in [0.1, 0.15) is 5.75 Å². The van der Waals surface area contributed by atoms with E-state index in [0.29, 0.717) is 31.1 Å². The van der Waals surface area contributed by atoms with Gasteiger partial charge in [-0.05, 0) is 36.6 Å². The van der Waals surface area contributed by atoms with E-state index in [1.54, 1.807) is 19.9 Å². The Morgan fingerprint density at radius 2 is 1.72 bits per heavy atom. The van der Waals surface area contributed by atoms with Crippen LogP contribution in [0, 0.1) is 0 Å². The van der Waals surface area contributed by atoms with E-state index < -0.39 is 10.0 Å². The highest BCUT2D eigenvalue weighted by atomic mass is 32.2. The van der Waals surface area contributed by atoms with Crippen LogP contribution in [0.15, 0.2) is 53.4 Å². The number of ether oxygens (including phenoxy) is 1. The lowest BCUT2D eigenvalue weighted by molar-refractivity contribution is -0.116. The number of hydrogen-bond acceptors (Lipinski definition) is 4. The Balaban J connectivity index is 2.26. The lowest BCUT2D eigenvalue weighted by Gasteiger charge is -2.20. The Bertz CT molecular complexity index is 910. The largest absolute Gasteiger partial charge is 0.492 e. The van der Waals surface area contributed by atoms with E-state index >= 15 is 0 Å². The molecule has 0 unspecified atom stereocenters. The molecular weight excluding hydrogens is 388 g/mol. The van der Waals surface area contributed by atoms with E-state index in [1.807, 2.05) is 44.2 Å². The summed E-state index contributed by atoms with van der Waals surface area (Å²) in [5.74, 6) is 0.292. The van der Waals surface area contributed by atoms with Crippen LogP contribution in [-0.4, -0.2) is 38.3 Å². The van der Waals surface area contributed by atoms with Gasteiger partial charge in [-0.25, -0.2) is 8.42 Å². The highest BCUT2D eigenvalue weighted by molar-refractivity contribution is 7.89. The predicted octanol–water partition coefficient (Wildman–Crippen LogP) is 4.25. The molecule has 0 fully saturated rings. The summed E-state index contributed by atoms with van der Waals surface area (Å²) in [5, 5.41) is 2.84. The quantitative estimate of drug-likeness (QED) is 0.626. The number of nitrogens with zero attached hydrogens (tertiary/aromatic N) is 1. The summed E-state index contributed by atoms with van der Waals surface area (Å²) in [6, 6.07) is 14.4. The van der Waals surface area contributed by atoms with Crippen LogP contribution in [0.5, 0.6) is 5.75 Å². The number of carbonyl (C=O) groups is 1. The first-order valence-corrected chi connectivity index (χ1v) is 11.4. The second-order valence-corrected chi connectivity index (χ2v) is 8.68. The zero-order valence-electron chi connectivity index (χ0n) is 17.5. The van der Waals surface area contributed by atoms with Gasteiger partial charge in [-0.15, -0.1) is 0 Å². The van der Waals surface area contributed by atoms with Crippen LogP contribution in [0.3, 0.4) is 0 Å². The van der Waals surface area contributed by atoms with Crippen LogP contribution in [0.4, 0.5) is 5.69 Å². The van der Waals surface area contributed by atoms with Gasteiger partial charge in [-0.1, -0.05) is 51.1 Å². The minimum atomic E-state index is -3.63. The van der Waals surface area contributed by atoms with Crippen molar-refractivity contribution < 1.29 is 17.9 Å². The number of sulfonamides is 1. The summed E-state index contributed by atoms with van der Waals surface area (Å²) in [6.45, 7) is 8.58. The molecule has 0 aromatic heterocycles. The van der Waals surface area contributed by atoms with Gasteiger partial charge < -0.3 is 10.1 Å². The van der Waals surface area contributed by atoms with Gasteiger partial charge >= 0.3 is 0 Å². The van der Waals surface area contributed by atoms with Gasteiger partial charge in [-0.3, -0.25) is 4.79 Å². The van der Waals surface area contributed by atoms with Gasteiger partial charge in [0.05, 0.1) is 17.2 Å². The van der Waals surface area contributed by atoms with E-state index in [2.05, 4.69) is 5.32 Å². The molecule has 0 aliphatic carbocycles. The SMILES string of the molecule is CCOc1ccc(S(=O)(=O)N(CC)CC)cc1NC(=O)C[C@@H](C)c1ccccc1. The monoisotopic (exact) mass is 418 g/mol. The standard InChI is InChI=1S/C22H30N2O4S/c1-5-24(6-2)29(26,27)19-13-14-21(28-7-3)20(16-19)23-22(25)15-17(4)18-11-9-8-10-12-18/h8-14,16-17H,5-7,15H2,1-4H3,(H,23,25)/t17-/m1/s1. The van der Waals surface area contributed by atoms with Crippen LogP contribution in [0.1, 0.15) is 45.6 Å². The number of benzene rings is 2. The molecule has 0 aliphatic rings. The molecule has 6 nitrogen and oxygen atoms in total. The average Bonchev–Trinajstić information content (AvgIpc) is 2.70. The fourth-order valence-electron chi connectivity index (χ4n) is 3.14. The first-order valence-electron chi connectivity index (χ1n) is 9.95. The van der Waals surface area contributed by atoms with Crippen molar-refractivity contribution in [3.05, 3.63) is 54.1 Å². The Morgan fingerprint density at radius 3 is 2.31 bits per heavy atom. The van der Waals surface area contributed by atoms with Crippen LogP contribution in [0.25, 0.3) is 0 Å². The van der Waals surface area contributed by atoms with Crippen molar-refractivity contribution in [3.63, 3.8) is 0 Å². The first kappa shape index (κ1) is 22.9. The lowest BCUT2D eigenvalue weighted by Crippen LogP contribution is -2.30. The molecule has 2 aromatic rings. The molecule has 0 spiro atoms. The molecule has 1 N–H and O–H groups in total.